The van der Waals surface area contributed by atoms with E-state index in [1.165, 1.54) is 22.2 Å². The number of carbonyl (C=O) groups excluding carboxylic acids is 1. The minimum Gasteiger partial charge on any atom is -0.492 e. The van der Waals surface area contributed by atoms with Gasteiger partial charge in [0.1, 0.15) is 6.33 Å². The summed E-state index contributed by atoms with van der Waals surface area (Å²) in [5.74, 6) is 0.200. The molecule has 0 radical (unpaired) electrons. The number of hydrogen-bond acceptors (Lipinski definition) is 6. The van der Waals surface area contributed by atoms with E-state index in [4.69, 9.17) is 11.6 Å². The molecule has 1 aliphatic heterocycles. The zero-order valence-electron chi connectivity index (χ0n) is 14.2. The summed E-state index contributed by atoms with van der Waals surface area (Å²) in [7, 11) is 0. The van der Waals surface area contributed by atoms with Gasteiger partial charge in [-0.25, -0.2) is 4.98 Å². The van der Waals surface area contributed by atoms with Gasteiger partial charge in [-0.3, -0.25) is 9.69 Å². The number of halogens is 1. The van der Waals surface area contributed by atoms with Crippen molar-refractivity contribution >= 4 is 33.8 Å². The molecule has 1 aliphatic rings. The lowest BCUT2D eigenvalue weighted by molar-refractivity contribution is -0.130. The number of rotatable bonds is 3. The van der Waals surface area contributed by atoms with Crippen molar-refractivity contribution in [2.24, 2.45) is 0 Å². The van der Waals surface area contributed by atoms with Gasteiger partial charge in [0.05, 0.1) is 10.9 Å². The van der Waals surface area contributed by atoms with Crippen LogP contribution in [0.1, 0.15) is 23.4 Å². The Balaban J connectivity index is 1.72. The van der Waals surface area contributed by atoms with E-state index in [1.807, 2.05) is 29.2 Å². The first-order chi connectivity index (χ1) is 12.5. The number of amides is 1. The fourth-order valence-corrected chi connectivity index (χ4v) is 4.56. The van der Waals surface area contributed by atoms with E-state index in [1.54, 1.807) is 6.92 Å². The maximum atomic E-state index is 11.6. The summed E-state index contributed by atoms with van der Waals surface area (Å²) in [6, 6.07) is 7.50. The largest absolute Gasteiger partial charge is 0.492 e. The maximum absolute atomic E-state index is 11.6. The molecular formula is C17H18ClN5O2S. The molecule has 0 aliphatic carbocycles. The molecule has 0 bridgehead atoms. The highest BCUT2D eigenvalue weighted by atomic mass is 35.5. The molecule has 0 saturated carbocycles. The zero-order chi connectivity index (χ0) is 18.3. The van der Waals surface area contributed by atoms with Crippen molar-refractivity contribution in [1.82, 2.24) is 24.4 Å². The first kappa shape index (κ1) is 17.3. The fraction of sp³-hybridized carbons (Fsp3) is 0.353. The number of aromatic nitrogens is 3. The summed E-state index contributed by atoms with van der Waals surface area (Å²) < 4.78 is 1.45. The minimum atomic E-state index is -0.144. The second-order valence-electron chi connectivity index (χ2n) is 6.24. The monoisotopic (exact) mass is 391 g/mol. The SMILES string of the molecule is CC(=O)N1CCN(C(c2ccc(Cl)cc2)c2sc3ncnn3c2O)CC1. The van der Waals surface area contributed by atoms with Crippen LogP contribution in [0.3, 0.4) is 0 Å². The summed E-state index contributed by atoms with van der Waals surface area (Å²) >= 11 is 7.47. The van der Waals surface area contributed by atoms with E-state index < -0.39 is 0 Å². The first-order valence-electron chi connectivity index (χ1n) is 8.31. The van der Waals surface area contributed by atoms with Crippen molar-refractivity contribution in [2.75, 3.05) is 26.2 Å². The van der Waals surface area contributed by atoms with Crippen molar-refractivity contribution in [3.63, 3.8) is 0 Å². The average Bonchev–Trinajstić information content (AvgIpc) is 3.21. The number of thiazole rings is 1. The van der Waals surface area contributed by atoms with Crippen LogP contribution in [-0.2, 0) is 4.79 Å². The van der Waals surface area contributed by atoms with Gasteiger partial charge in [0.2, 0.25) is 16.7 Å². The summed E-state index contributed by atoms with van der Waals surface area (Å²) in [6.07, 6.45) is 1.43. The van der Waals surface area contributed by atoms with Crippen molar-refractivity contribution in [3.8, 4) is 5.88 Å². The molecule has 1 amide bonds. The van der Waals surface area contributed by atoms with Crippen LogP contribution in [-0.4, -0.2) is 61.6 Å². The van der Waals surface area contributed by atoms with Crippen LogP contribution in [0.5, 0.6) is 5.88 Å². The number of benzene rings is 1. The molecular weight excluding hydrogens is 374 g/mol. The number of piperazine rings is 1. The molecule has 3 aromatic rings. The molecule has 7 nitrogen and oxygen atoms in total. The lowest BCUT2D eigenvalue weighted by Gasteiger charge is -2.38. The standard InChI is InChI=1S/C17H18ClN5O2S/c1-11(24)21-6-8-22(9-7-21)14(12-2-4-13(18)5-3-12)15-16(25)23-17(26-15)19-10-20-23/h2-5,10,14,25H,6-9H2,1H3. The third-order valence-corrected chi connectivity index (χ3v) is 6.04. The molecule has 9 heteroatoms. The molecule has 4 rings (SSSR count). The number of carbonyl (C=O) groups is 1. The van der Waals surface area contributed by atoms with E-state index in [0.29, 0.717) is 23.1 Å². The fourth-order valence-electron chi connectivity index (χ4n) is 3.34. The molecule has 26 heavy (non-hydrogen) atoms. The van der Waals surface area contributed by atoms with Crippen LogP contribution in [0, 0.1) is 0 Å². The van der Waals surface area contributed by atoms with Gasteiger partial charge >= 0.3 is 0 Å². The maximum Gasteiger partial charge on any atom is 0.230 e. The van der Waals surface area contributed by atoms with Gasteiger partial charge in [-0.05, 0) is 17.7 Å². The van der Waals surface area contributed by atoms with Gasteiger partial charge in [0, 0.05) is 38.1 Å². The molecule has 136 valence electrons. The highest BCUT2D eigenvalue weighted by Crippen LogP contribution is 2.40. The first-order valence-corrected chi connectivity index (χ1v) is 9.50. The highest BCUT2D eigenvalue weighted by molar-refractivity contribution is 7.17. The lowest BCUT2D eigenvalue weighted by Crippen LogP contribution is -2.49. The molecule has 1 fully saturated rings. The van der Waals surface area contributed by atoms with Gasteiger partial charge in [-0.15, -0.1) is 0 Å². The average molecular weight is 392 g/mol. The smallest absolute Gasteiger partial charge is 0.230 e. The van der Waals surface area contributed by atoms with Gasteiger partial charge in [0.15, 0.2) is 0 Å². The zero-order valence-corrected chi connectivity index (χ0v) is 15.7. The van der Waals surface area contributed by atoms with E-state index in [0.717, 1.165) is 23.5 Å². The summed E-state index contributed by atoms with van der Waals surface area (Å²) in [5, 5.41) is 15.4. The number of fused-ring (bicyclic) bond motifs is 1. The Morgan fingerprint density at radius 3 is 2.54 bits per heavy atom. The van der Waals surface area contributed by atoms with Crippen LogP contribution in [0.15, 0.2) is 30.6 Å². The van der Waals surface area contributed by atoms with E-state index in [9.17, 15) is 9.90 Å². The lowest BCUT2D eigenvalue weighted by atomic mass is 10.0. The Kier molecular flexibility index (Phi) is 4.56. The van der Waals surface area contributed by atoms with Gasteiger partial charge in [0.25, 0.3) is 0 Å². The van der Waals surface area contributed by atoms with Crippen LogP contribution >= 0.6 is 22.9 Å². The van der Waals surface area contributed by atoms with Crippen molar-refractivity contribution < 1.29 is 9.90 Å². The minimum absolute atomic E-state index is 0.0920. The van der Waals surface area contributed by atoms with Gasteiger partial charge in [-0.1, -0.05) is 35.1 Å². The second kappa shape index (κ2) is 6.86. The van der Waals surface area contributed by atoms with E-state index in [2.05, 4.69) is 15.0 Å². The van der Waals surface area contributed by atoms with E-state index in [-0.39, 0.29) is 17.8 Å². The van der Waals surface area contributed by atoms with Crippen LogP contribution in [0.25, 0.3) is 4.96 Å². The Morgan fingerprint density at radius 1 is 1.23 bits per heavy atom. The molecule has 1 unspecified atom stereocenters. The Morgan fingerprint density at radius 2 is 1.92 bits per heavy atom. The number of hydrogen-bond donors (Lipinski definition) is 1. The normalized spacial score (nSPS) is 16.9. The third kappa shape index (κ3) is 3.04. The van der Waals surface area contributed by atoms with Crippen molar-refractivity contribution in [3.05, 3.63) is 46.1 Å². The topological polar surface area (TPSA) is 74.0 Å². The number of nitrogens with zero attached hydrogens (tertiary/aromatic N) is 5. The molecule has 1 atom stereocenters. The Hall–Kier alpha value is -2.16. The molecule has 1 N–H and O–H groups in total. The van der Waals surface area contributed by atoms with Crippen LogP contribution in [0.2, 0.25) is 5.02 Å². The molecule has 1 aromatic carbocycles. The molecule has 3 heterocycles. The van der Waals surface area contributed by atoms with E-state index >= 15 is 0 Å². The van der Waals surface area contributed by atoms with Crippen LogP contribution in [0.4, 0.5) is 0 Å². The molecule has 1 saturated heterocycles. The number of aromatic hydroxyl groups is 1. The van der Waals surface area contributed by atoms with Crippen LogP contribution < -0.4 is 0 Å². The van der Waals surface area contributed by atoms with Gasteiger partial charge in [-0.2, -0.15) is 9.61 Å². The Bertz CT molecular complexity index is 930. The van der Waals surface area contributed by atoms with Crippen molar-refractivity contribution in [1.29, 1.82) is 0 Å². The third-order valence-electron chi connectivity index (χ3n) is 4.70. The second-order valence-corrected chi connectivity index (χ2v) is 7.69. The predicted molar refractivity (Wildman–Crippen MR) is 99.7 cm³/mol. The highest BCUT2D eigenvalue weighted by Gasteiger charge is 2.31. The predicted octanol–water partition coefficient (Wildman–Crippen LogP) is 2.40. The summed E-state index contributed by atoms with van der Waals surface area (Å²) in [5.41, 5.74) is 1.03. The quantitative estimate of drug-likeness (QED) is 0.742. The molecule has 2 aromatic heterocycles. The Labute approximate surface area is 159 Å². The summed E-state index contributed by atoms with van der Waals surface area (Å²) in [4.78, 5) is 21.4. The molecule has 0 spiro atoms. The van der Waals surface area contributed by atoms with Gasteiger partial charge < -0.3 is 10.0 Å². The summed E-state index contributed by atoms with van der Waals surface area (Å²) in [6.45, 7) is 4.37. The van der Waals surface area contributed by atoms with Crippen molar-refractivity contribution in [2.45, 2.75) is 13.0 Å².